The fraction of sp³-hybridized carbons (Fsp3) is 0.619. The fourth-order valence-electron chi connectivity index (χ4n) is 1.11. The molecule has 0 aromatic rings. The number of rotatable bonds is 4. The third-order valence-electron chi connectivity index (χ3n) is 4.03. The molecule has 27 heavy (non-hydrogen) atoms. The Bertz CT molecular complexity index is 464. The largest absolute Gasteiger partial charge is 1.00 e. The Morgan fingerprint density at radius 3 is 1.15 bits per heavy atom. The van der Waals surface area contributed by atoms with Gasteiger partial charge >= 0.3 is 1.43 Å². The maximum Gasteiger partial charge on any atom is 1.00 e. The summed E-state index contributed by atoms with van der Waals surface area (Å²) in [6.45, 7) is 22.1. The Balaban J connectivity index is -0.0000000441. The topological polar surface area (TPSA) is 57.2 Å². The van der Waals surface area contributed by atoms with Gasteiger partial charge in [0.05, 0.1) is 0 Å². The van der Waals surface area contributed by atoms with Gasteiger partial charge in [-0.3, -0.25) is 4.79 Å². The van der Waals surface area contributed by atoms with Gasteiger partial charge in [-0.15, -0.1) is 26.7 Å². The first kappa shape index (κ1) is 42.8. The summed E-state index contributed by atoms with van der Waals surface area (Å²) in [5.74, 6) is 3.05. The Morgan fingerprint density at radius 1 is 0.815 bits per heavy atom. The number of ketones is 2. The molecule has 0 saturated carbocycles. The minimum Gasteiger partial charge on any atom is -0.957 e. The van der Waals surface area contributed by atoms with E-state index in [1.165, 1.54) is 5.92 Å². The first-order valence-corrected chi connectivity index (χ1v) is 8.27. The monoisotopic (exact) mass is 605 g/mol. The second-order valence-electron chi connectivity index (χ2n) is 6.77. The van der Waals surface area contributed by atoms with E-state index < -0.39 is 0 Å². The molecule has 151 valence electrons. The molecule has 0 saturated heterocycles. The molecule has 6 heteroatoms. The van der Waals surface area contributed by atoms with E-state index in [2.05, 4.69) is 0 Å². The van der Waals surface area contributed by atoms with E-state index in [9.17, 15) is 14.7 Å². The number of carbonyl (C=O) groups is 2. The SMILES string of the molecule is C/C([O-])=C(\C)[C-](C)C.CC(=O)C(C)=C(C)C.CC(=O)C(C)[C-](C)C.[H+].[Y].[Y].[Y]. The predicted molar refractivity (Wildman–Crippen MR) is 103 cm³/mol. The van der Waals surface area contributed by atoms with Crippen LogP contribution in [-0.4, -0.2) is 11.6 Å². The molecule has 0 aliphatic rings. The van der Waals surface area contributed by atoms with Crippen LogP contribution < -0.4 is 5.11 Å². The zero-order chi connectivity index (χ0) is 20.2. The van der Waals surface area contributed by atoms with Crippen LogP contribution in [0.3, 0.4) is 0 Å². The molecule has 0 aromatic heterocycles. The molecule has 0 amide bonds. The van der Waals surface area contributed by atoms with Crippen LogP contribution in [0.15, 0.2) is 22.5 Å². The molecule has 0 N–H and O–H groups in total. The normalized spacial score (nSPS) is 10.6. The van der Waals surface area contributed by atoms with Crippen molar-refractivity contribution in [2.24, 2.45) is 5.92 Å². The summed E-state index contributed by atoms with van der Waals surface area (Å²) in [4.78, 5) is 21.1. The van der Waals surface area contributed by atoms with Gasteiger partial charge in [-0.05, 0) is 40.2 Å². The van der Waals surface area contributed by atoms with Crippen LogP contribution in [0.25, 0.3) is 0 Å². The number of carbonyl (C=O) groups excluding carboxylic acids is 2. The third kappa shape index (κ3) is 27.8. The van der Waals surface area contributed by atoms with Crippen molar-refractivity contribution >= 4 is 11.6 Å². The van der Waals surface area contributed by atoms with Crippen molar-refractivity contribution in [3.8, 4) is 0 Å². The first-order valence-electron chi connectivity index (χ1n) is 8.27. The van der Waals surface area contributed by atoms with Crippen molar-refractivity contribution in [1.29, 1.82) is 0 Å². The molecule has 3 radical (unpaired) electrons. The summed E-state index contributed by atoms with van der Waals surface area (Å²) < 4.78 is 0. The maximum absolute atomic E-state index is 10.6. The third-order valence-corrected chi connectivity index (χ3v) is 4.03. The summed E-state index contributed by atoms with van der Waals surface area (Å²) in [7, 11) is 0. The van der Waals surface area contributed by atoms with Crippen LogP contribution >= 0.6 is 0 Å². The van der Waals surface area contributed by atoms with Gasteiger partial charge in [0, 0.05) is 98.1 Å². The molecular formula is C21H38O3Y3-2. The van der Waals surface area contributed by atoms with E-state index in [0.29, 0.717) is 0 Å². The standard InChI is InChI=1S/2C7H13O.C7H12O.3Y/c3*1-5(2)6(3)7(4)8;;;/h8H,1-4H3;6H,1-4H3;1-4H3;;;/q2*-1;;;;/b7-6-;;;;;. The second-order valence-corrected chi connectivity index (χ2v) is 6.77. The van der Waals surface area contributed by atoms with Gasteiger partial charge in [-0.25, -0.2) is 11.5 Å². The van der Waals surface area contributed by atoms with Crippen molar-refractivity contribution in [3.63, 3.8) is 0 Å². The molecule has 0 aromatic carbocycles. The number of hydrogen-bond donors (Lipinski definition) is 0. The molecule has 0 aliphatic carbocycles. The Kier molecular flexibility index (Phi) is 38.2. The molecule has 3 nitrogen and oxygen atoms in total. The van der Waals surface area contributed by atoms with Gasteiger partial charge in [-0.1, -0.05) is 19.4 Å². The average molecular weight is 605 g/mol. The Morgan fingerprint density at radius 2 is 1.15 bits per heavy atom. The fourth-order valence-corrected chi connectivity index (χ4v) is 1.11. The number of hydrogen-bond acceptors (Lipinski definition) is 3. The molecule has 0 heterocycles. The minimum absolute atomic E-state index is 0. The van der Waals surface area contributed by atoms with E-state index in [1.807, 2.05) is 62.3 Å². The van der Waals surface area contributed by atoms with Crippen LogP contribution in [0.2, 0.25) is 0 Å². The smallest absolute Gasteiger partial charge is 0.957 e. The summed E-state index contributed by atoms with van der Waals surface area (Å²) in [6.07, 6.45) is 0. The average Bonchev–Trinajstić information content (AvgIpc) is 2.45. The molecular weight excluding hydrogens is 567 g/mol. The van der Waals surface area contributed by atoms with Crippen LogP contribution in [-0.2, 0) is 108 Å². The summed E-state index contributed by atoms with van der Waals surface area (Å²) in [6, 6.07) is 0. The van der Waals surface area contributed by atoms with Crippen molar-refractivity contribution in [2.45, 2.75) is 83.1 Å². The molecule has 0 rings (SSSR count). The van der Waals surface area contributed by atoms with E-state index in [4.69, 9.17) is 0 Å². The molecule has 0 bridgehead atoms. The predicted octanol–water partition coefficient (Wildman–Crippen LogP) is 5.12. The maximum atomic E-state index is 10.6. The van der Waals surface area contributed by atoms with Crippen molar-refractivity contribution in [3.05, 3.63) is 34.3 Å². The summed E-state index contributed by atoms with van der Waals surface area (Å²) >= 11 is 0. The van der Waals surface area contributed by atoms with Gasteiger partial charge in [-0.2, -0.15) is 13.8 Å². The minimum atomic E-state index is 0. The zero-order valence-corrected chi connectivity index (χ0v) is 28.0. The molecule has 0 aliphatic heterocycles. The van der Waals surface area contributed by atoms with Gasteiger partial charge in [0.15, 0.2) is 5.78 Å². The van der Waals surface area contributed by atoms with Crippen molar-refractivity contribution in [1.82, 2.24) is 0 Å². The van der Waals surface area contributed by atoms with Crippen LogP contribution in [0, 0.1) is 17.8 Å². The molecule has 0 fully saturated rings. The Hall–Kier alpha value is 1.80. The van der Waals surface area contributed by atoms with Crippen LogP contribution in [0.5, 0.6) is 0 Å². The molecule has 1 atom stereocenters. The van der Waals surface area contributed by atoms with Crippen LogP contribution in [0.4, 0.5) is 0 Å². The molecule has 0 spiro atoms. The van der Waals surface area contributed by atoms with Crippen molar-refractivity contribution < 1.29 is 114 Å². The number of allylic oxidation sites excluding steroid dienone is 4. The van der Waals surface area contributed by atoms with Gasteiger partial charge in [0.2, 0.25) is 0 Å². The van der Waals surface area contributed by atoms with E-state index >= 15 is 0 Å². The van der Waals surface area contributed by atoms with Crippen molar-refractivity contribution in [2.75, 3.05) is 0 Å². The quantitative estimate of drug-likeness (QED) is 0.254. The second kappa shape index (κ2) is 24.1. The zero-order valence-electron chi connectivity index (χ0n) is 20.5. The number of Topliss-reactive ketones (excluding diaryl/α,β-unsaturated/α-hetero) is 2. The summed E-state index contributed by atoms with van der Waals surface area (Å²) in [5, 5.41) is 10.5. The summed E-state index contributed by atoms with van der Waals surface area (Å²) in [5.41, 5.74) is 2.87. The first-order chi connectivity index (χ1) is 10.7. The van der Waals surface area contributed by atoms with E-state index in [-0.39, 0.29) is 123 Å². The van der Waals surface area contributed by atoms with Crippen LogP contribution in [0.1, 0.15) is 84.5 Å². The van der Waals surface area contributed by atoms with Gasteiger partial charge in [0.25, 0.3) is 0 Å². The Labute approximate surface area is 245 Å². The molecule has 1 unspecified atom stereocenters. The van der Waals surface area contributed by atoms with Gasteiger partial charge in [0.1, 0.15) is 5.78 Å². The van der Waals surface area contributed by atoms with E-state index in [0.717, 1.165) is 22.6 Å². The van der Waals surface area contributed by atoms with Gasteiger partial charge < -0.3 is 21.6 Å². The van der Waals surface area contributed by atoms with E-state index in [1.54, 1.807) is 20.8 Å².